The predicted molar refractivity (Wildman–Crippen MR) is 57.8 cm³/mol. The van der Waals surface area contributed by atoms with Gasteiger partial charge < -0.3 is 0 Å². The molecule has 13 heavy (non-hydrogen) atoms. The zero-order valence-corrected chi connectivity index (χ0v) is 10.0. The lowest BCUT2D eigenvalue weighted by Gasteiger charge is -2.30. The molecule has 5 heteroatoms. The molecule has 0 saturated heterocycles. The summed E-state index contributed by atoms with van der Waals surface area (Å²) in [6.07, 6.45) is 3.88. The van der Waals surface area contributed by atoms with Crippen LogP contribution in [-0.4, -0.2) is 44.1 Å². The number of allylic oxidation sites excluding steroid dienone is 1. The molecule has 0 fully saturated rings. The Morgan fingerprint density at radius 2 is 1.69 bits per heavy atom. The van der Waals surface area contributed by atoms with E-state index in [1.165, 1.54) is 0 Å². The van der Waals surface area contributed by atoms with Crippen LogP contribution in [-0.2, 0) is 4.57 Å². The molecule has 0 aliphatic rings. The third kappa shape index (κ3) is 3.61. The smallest absolute Gasteiger partial charge is 0.271 e. The van der Waals surface area contributed by atoms with Crippen molar-refractivity contribution in [3.05, 3.63) is 12.2 Å². The monoisotopic (exact) mass is 205 g/mol. The summed E-state index contributed by atoms with van der Waals surface area (Å²) < 4.78 is 15.6. The molecule has 0 heterocycles. The van der Waals surface area contributed by atoms with E-state index in [4.69, 9.17) is 0 Å². The summed E-state index contributed by atoms with van der Waals surface area (Å²) in [5.41, 5.74) is 0. The van der Waals surface area contributed by atoms with E-state index in [2.05, 4.69) is 5.09 Å². The minimum Gasteiger partial charge on any atom is -0.271 e. The van der Waals surface area contributed by atoms with Gasteiger partial charge in [-0.1, -0.05) is 12.2 Å². The molecule has 0 unspecified atom stereocenters. The topological polar surface area (TPSA) is 35.6 Å². The summed E-state index contributed by atoms with van der Waals surface area (Å²) in [4.78, 5) is 0. The van der Waals surface area contributed by atoms with Crippen LogP contribution in [0.4, 0.5) is 0 Å². The molecule has 0 rings (SSSR count). The Morgan fingerprint density at radius 3 is 2.00 bits per heavy atom. The lowest BCUT2D eigenvalue weighted by molar-refractivity contribution is 0.435. The predicted octanol–water partition coefficient (Wildman–Crippen LogP) is 1.38. The molecule has 0 aromatic rings. The van der Waals surface area contributed by atoms with E-state index in [1.54, 1.807) is 9.34 Å². The third-order valence-electron chi connectivity index (χ3n) is 1.74. The average molecular weight is 205 g/mol. The Hall–Kier alpha value is -0.150. The lowest BCUT2D eigenvalue weighted by Crippen LogP contribution is -2.30. The van der Waals surface area contributed by atoms with Gasteiger partial charge in [-0.25, -0.2) is 14.4 Å². The molecule has 0 saturated carbocycles. The van der Waals surface area contributed by atoms with Crippen LogP contribution >= 0.6 is 7.59 Å². The fourth-order valence-corrected chi connectivity index (χ4v) is 2.55. The van der Waals surface area contributed by atoms with Gasteiger partial charge in [-0.15, -0.1) is 0 Å². The molecule has 0 spiro atoms. The first-order valence-corrected chi connectivity index (χ1v) is 5.88. The second-order valence-corrected chi connectivity index (χ2v) is 6.17. The minimum absolute atomic E-state index is 0.629. The molecule has 78 valence electrons. The van der Waals surface area contributed by atoms with Crippen molar-refractivity contribution in [3.63, 3.8) is 0 Å². The van der Waals surface area contributed by atoms with Gasteiger partial charge >= 0.3 is 0 Å². The number of nitrogens with zero attached hydrogens (tertiary/aromatic N) is 2. The molecule has 4 nitrogen and oxygen atoms in total. The van der Waals surface area contributed by atoms with E-state index >= 15 is 0 Å². The molecule has 0 aromatic heterocycles. The highest BCUT2D eigenvalue weighted by molar-refractivity contribution is 7.56. The summed E-state index contributed by atoms with van der Waals surface area (Å²) in [7, 11) is 4.71. The van der Waals surface area contributed by atoms with E-state index in [0.29, 0.717) is 6.54 Å². The maximum absolute atomic E-state index is 12.2. The maximum Gasteiger partial charge on any atom is 0.283 e. The first-order valence-electron chi connectivity index (χ1n) is 4.27. The van der Waals surface area contributed by atoms with Gasteiger partial charge in [0, 0.05) is 6.54 Å². The van der Waals surface area contributed by atoms with E-state index in [-0.39, 0.29) is 0 Å². The molecule has 0 bridgehead atoms. The molecule has 0 atom stereocenters. The molecular formula is C8H20N3OP. The molecule has 0 radical (unpaired) electrons. The van der Waals surface area contributed by atoms with Crippen LogP contribution in [0.15, 0.2) is 12.2 Å². The fourth-order valence-electron chi connectivity index (χ4n) is 0.930. The highest BCUT2D eigenvalue weighted by atomic mass is 31.2. The third-order valence-corrected chi connectivity index (χ3v) is 4.50. The molecule has 1 N–H and O–H groups in total. The zero-order chi connectivity index (χ0) is 10.5. The summed E-state index contributed by atoms with van der Waals surface area (Å²) in [6, 6.07) is 0. The van der Waals surface area contributed by atoms with E-state index in [9.17, 15) is 4.57 Å². The Kier molecular flexibility index (Phi) is 5.49. The van der Waals surface area contributed by atoms with Crippen LogP contribution in [0.3, 0.4) is 0 Å². The number of nitrogens with one attached hydrogen (secondary N) is 1. The lowest BCUT2D eigenvalue weighted by atomic mass is 10.5. The van der Waals surface area contributed by atoms with Crippen LogP contribution in [0.1, 0.15) is 6.92 Å². The van der Waals surface area contributed by atoms with E-state index in [1.807, 2.05) is 47.3 Å². The number of hydrogen-bond acceptors (Lipinski definition) is 1. The summed E-state index contributed by atoms with van der Waals surface area (Å²) >= 11 is 0. The van der Waals surface area contributed by atoms with Crippen molar-refractivity contribution in [2.24, 2.45) is 0 Å². The number of rotatable bonds is 5. The van der Waals surface area contributed by atoms with E-state index < -0.39 is 7.59 Å². The van der Waals surface area contributed by atoms with Gasteiger partial charge in [-0.3, -0.25) is 4.57 Å². The van der Waals surface area contributed by atoms with Gasteiger partial charge in [0.15, 0.2) is 0 Å². The molecular weight excluding hydrogens is 185 g/mol. The first kappa shape index (κ1) is 12.8. The van der Waals surface area contributed by atoms with Crippen molar-refractivity contribution in [3.8, 4) is 0 Å². The molecule has 0 amide bonds. The summed E-state index contributed by atoms with van der Waals surface area (Å²) in [5.74, 6) is 0. The minimum atomic E-state index is -2.53. The molecule has 0 aromatic carbocycles. The Bertz CT molecular complexity index is 201. The SMILES string of the molecule is C/C=C/CNP(=O)(N(C)C)N(C)C. The van der Waals surface area contributed by atoms with Crippen LogP contribution in [0.5, 0.6) is 0 Å². The van der Waals surface area contributed by atoms with Gasteiger partial charge in [0.1, 0.15) is 0 Å². The van der Waals surface area contributed by atoms with Gasteiger partial charge in [-0.2, -0.15) is 0 Å². The second-order valence-electron chi connectivity index (χ2n) is 3.17. The molecule has 0 aliphatic carbocycles. The van der Waals surface area contributed by atoms with Crippen molar-refractivity contribution in [1.29, 1.82) is 0 Å². The van der Waals surface area contributed by atoms with Gasteiger partial charge in [0.05, 0.1) is 0 Å². The second kappa shape index (κ2) is 5.55. The zero-order valence-electron chi connectivity index (χ0n) is 9.11. The van der Waals surface area contributed by atoms with Crippen molar-refractivity contribution >= 4 is 7.59 Å². The highest BCUT2D eigenvalue weighted by Gasteiger charge is 2.26. The fraction of sp³-hybridized carbons (Fsp3) is 0.750. The Balaban J connectivity index is 4.35. The maximum atomic E-state index is 12.2. The summed E-state index contributed by atoms with van der Waals surface area (Å²) in [5, 5.41) is 3.02. The average Bonchev–Trinajstić information content (AvgIpc) is 2.03. The van der Waals surface area contributed by atoms with Crippen molar-refractivity contribution in [1.82, 2.24) is 14.4 Å². The molecule has 0 aliphatic heterocycles. The van der Waals surface area contributed by atoms with Gasteiger partial charge in [-0.05, 0) is 35.1 Å². The standard InChI is InChI=1S/C8H20N3OP/c1-6-7-8-9-13(12,10(2)3)11(4)5/h6-7H,8H2,1-5H3,(H,9,12)/b7-6+. The van der Waals surface area contributed by atoms with Crippen LogP contribution in [0.25, 0.3) is 0 Å². The van der Waals surface area contributed by atoms with Gasteiger partial charge in [0.25, 0.3) is 7.59 Å². The quantitative estimate of drug-likeness (QED) is 0.543. The van der Waals surface area contributed by atoms with Gasteiger partial charge in [0.2, 0.25) is 0 Å². The van der Waals surface area contributed by atoms with Crippen LogP contribution < -0.4 is 5.09 Å². The van der Waals surface area contributed by atoms with Crippen LogP contribution in [0.2, 0.25) is 0 Å². The highest BCUT2D eigenvalue weighted by Crippen LogP contribution is 2.44. The largest absolute Gasteiger partial charge is 0.283 e. The number of hydrogen-bond donors (Lipinski definition) is 1. The van der Waals surface area contributed by atoms with E-state index in [0.717, 1.165) is 0 Å². The van der Waals surface area contributed by atoms with Crippen molar-refractivity contribution in [2.75, 3.05) is 34.7 Å². The summed E-state index contributed by atoms with van der Waals surface area (Å²) in [6.45, 7) is 2.57. The Morgan fingerprint density at radius 1 is 1.23 bits per heavy atom. The van der Waals surface area contributed by atoms with Crippen LogP contribution in [0, 0.1) is 0 Å². The van der Waals surface area contributed by atoms with Crippen molar-refractivity contribution < 1.29 is 4.57 Å². The normalized spacial score (nSPS) is 13.5. The first-order chi connectivity index (χ1) is 5.95. The Labute approximate surface area is 81.1 Å². The van der Waals surface area contributed by atoms with Crippen molar-refractivity contribution in [2.45, 2.75) is 6.92 Å².